The summed E-state index contributed by atoms with van der Waals surface area (Å²) in [4.78, 5) is 3.00. The maximum Gasteiger partial charge on any atom is 0.178 e. The molecule has 108 valence electrons. The summed E-state index contributed by atoms with van der Waals surface area (Å²) in [6, 6.07) is 10.6. The van der Waals surface area contributed by atoms with Gasteiger partial charge >= 0.3 is 0 Å². The van der Waals surface area contributed by atoms with Crippen LogP contribution in [0.25, 0.3) is 11.0 Å². The molecular formula is C15H11Cl2FN2S. The van der Waals surface area contributed by atoms with E-state index in [0.29, 0.717) is 21.9 Å². The molecule has 0 unspecified atom stereocenters. The van der Waals surface area contributed by atoms with Gasteiger partial charge in [0.15, 0.2) is 4.77 Å². The van der Waals surface area contributed by atoms with Crippen LogP contribution in [0.3, 0.4) is 0 Å². The number of aromatic nitrogens is 2. The lowest BCUT2D eigenvalue weighted by molar-refractivity contribution is 0.629. The van der Waals surface area contributed by atoms with Crippen molar-refractivity contribution in [1.82, 2.24) is 9.55 Å². The summed E-state index contributed by atoms with van der Waals surface area (Å²) in [7, 11) is 0. The summed E-state index contributed by atoms with van der Waals surface area (Å²) in [5, 5.41) is 0.807. The Kier molecular flexibility index (Phi) is 4.02. The second kappa shape index (κ2) is 5.79. The minimum atomic E-state index is -0.453. The number of hydrogen-bond donors (Lipinski definition) is 1. The third kappa shape index (κ3) is 2.98. The predicted octanol–water partition coefficient (Wildman–Crippen LogP) is 5.39. The lowest BCUT2D eigenvalue weighted by atomic mass is 10.1. The average molecular weight is 341 g/mol. The molecule has 3 aromatic rings. The van der Waals surface area contributed by atoms with E-state index in [2.05, 4.69) is 4.98 Å². The number of nitrogens with zero attached hydrogens (tertiary/aromatic N) is 1. The fraction of sp³-hybridized carbons (Fsp3) is 0.133. The number of rotatable bonds is 3. The minimum absolute atomic E-state index is 0.0942. The third-order valence-corrected chi connectivity index (χ3v) is 4.22. The minimum Gasteiger partial charge on any atom is -0.330 e. The van der Waals surface area contributed by atoms with Crippen molar-refractivity contribution < 1.29 is 4.39 Å². The van der Waals surface area contributed by atoms with Crippen LogP contribution in [0, 0.1) is 10.6 Å². The predicted molar refractivity (Wildman–Crippen MR) is 87.2 cm³/mol. The molecule has 1 heterocycles. The van der Waals surface area contributed by atoms with Crippen molar-refractivity contribution in [3.63, 3.8) is 0 Å². The zero-order valence-electron chi connectivity index (χ0n) is 10.9. The summed E-state index contributed by atoms with van der Waals surface area (Å²) in [5.41, 5.74) is 2.61. The normalized spacial score (nSPS) is 11.2. The van der Waals surface area contributed by atoms with Crippen LogP contribution in [0.15, 0.2) is 36.4 Å². The summed E-state index contributed by atoms with van der Waals surface area (Å²) in [5.74, 6) is -0.453. The molecule has 0 spiro atoms. The van der Waals surface area contributed by atoms with E-state index in [1.807, 2.05) is 28.8 Å². The Morgan fingerprint density at radius 1 is 1.14 bits per heavy atom. The second-order valence-corrected chi connectivity index (χ2v) is 5.97. The molecule has 0 radical (unpaired) electrons. The van der Waals surface area contributed by atoms with Crippen LogP contribution in [0.4, 0.5) is 4.39 Å². The van der Waals surface area contributed by atoms with E-state index < -0.39 is 5.82 Å². The molecule has 0 atom stereocenters. The molecule has 0 amide bonds. The zero-order valence-corrected chi connectivity index (χ0v) is 13.2. The van der Waals surface area contributed by atoms with Crippen molar-refractivity contribution in [2.45, 2.75) is 13.0 Å². The summed E-state index contributed by atoms with van der Waals surface area (Å²) in [6.45, 7) is 0.683. The van der Waals surface area contributed by atoms with Crippen LogP contribution in [-0.4, -0.2) is 9.55 Å². The molecule has 2 aromatic carbocycles. The summed E-state index contributed by atoms with van der Waals surface area (Å²) < 4.78 is 15.9. The molecule has 0 saturated heterocycles. The molecule has 3 rings (SSSR count). The highest BCUT2D eigenvalue weighted by Gasteiger charge is 2.09. The van der Waals surface area contributed by atoms with E-state index in [-0.39, 0.29) is 5.02 Å². The van der Waals surface area contributed by atoms with E-state index in [1.165, 1.54) is 6.07 Å². The van der Waals surface area contributed by atoms with E-state index in [4.69, 9.17) is 35.4 Å². The van der Waals surface area contributed by atoms with Crippen LogP contribution in [0.1, 0.15) is 5.56 Å². The molecule has 0 saturated carbocycles. The molecule has 0 aliphatic carbocycles. The van der Waals surface area contributed by atoms with Gasteiger partial charge in [-0.3, -0.25) is 0 Å². The van der Waals surface area contributed by atoms with Gasteiger partial charge in [-0.1, -0.05) is 35.3 Å². The largest absolute Gasteiger partial charge is 0.330 e. The van der Waals surface area contributed by atoms with Crippen molar-refractivity contribution in [3.05, 3.63) is 62.6 Å². The number of halogens is 3. The van der Waals surface area contributed by atoms with Gasteiger partial charge in [-0.05, 0) is 42.4 Å². The quantitative estimate of drug-likeness (QED) is 0.634. The highest BCUT2D eigenvalue weighted by Crippen LogP contribution is 2.23. The van der Waals surface area contributed by atoms with Crippen molar-refractivity contribution in [2.24, 2.45) is 0 Å². The Balaban J connectivity index is 1.93. The van der Waals surface area contributed by atoms with Gasteiger partial charge in [0.2, 0.25) is 0 Å². The van der Waals surface area contributed by atoms with E-state index >= 15 is 0 Å². The maximum absolute atomic E-state index is 13.5. The highest BCUT2D eigenvalue weighted by atomic mass is 35.5. The van der Waals surface area contributed by atoms with E-state index in [0.717, 1.165) is 17.5 Å². The van der Waals surface area contributed by atoms with Crippen LogP contribution in [0.2, 0.25) is 10.0 Å². The molecule has 1 aromatic heterocycles. The summed E-state index contributed by atoms with van der Waals surface area (Å²) in [6.07, 6.45) is 0.799. The molecule has 6 heteroatoms. The monoisotopic (exact) mass is 340 g/mol. The van der Waals surface area contributed by atoms with E-state index in [1.54, 1.807) is 6.07 Å². The van der Waals surface area contributed by atoms with Gasteiger partial charge in [0.25, 0.3) is 0 Å². The standard InChI is InChI=1S/C15H11Cl2FN2S/c16-10-3-1-9(2-4-10)5-6-20-14-7-11(17)12(18)8-13(14)19-15(20)21/h1-4,7-8H,5-6H2,(H,19,21). The molecule has 1 N–H and O–H groups in total. The van der Waals surface area contributed by atoms with Crippen LogP contribution in [-0.2, 0) is 13.0 Å². The average Bonchev–Trinajstić information content (AvgIpc) is 2.74. The highest BCUT2D eigenvalue weighted by molar-refractivity contribution is 7.71. The first kappa shape index (κ1) is 14.6. The number of aromatic amines is 1. The van der Waals surface area contributed by atoms with Crippen LogP contribution in [0.5, 0.6) is 0 Å². The number of imidazole rings is 1. The molecular weight excluding hydrogens is 330 g/mol. The van der Waals surface area contributed by atoms with Crippen molar-refractivity contribution >= 4 is 46.5 Å². The molecule has 0 fully saturated rings. The third-order valence-electron chi connectivity index (χ3n) is 3.35. The van der Waals surface area contributed by atoms with Crippen molar-refractivity contribution in [3.8, 4) is 0 Å². The number of benzene rings is 2. The molecule has 0 bridgehead atoms. The topological polar surface area (TPSA) is 20.7 Å². The molecule has 21 heavy (non-hydrogen) atoms. The fourth-order valence-corrected chi connectivity index (χ4v) is 2.85. The summed E-state index contributed by atoms with van der Waals surface area (Å²) >= 11 is 17.0. The first-order valence-corrected chi connectivity index (χ1v) is 7.53. The van der Waals surface area contributed by atoms with Gasteiger partial charge in [0, 0.05) is 17.6 Å². The maximum atomic E-state index is 13.5. The van der Waals surface area contributed by atoms with Gasteiger partial charge in [-0.15, -0.1) is 0 Å². The Morgan fingerprint density at radius 3 is 2.57 bits per heavy atom. The number of hydrogen-bond acceptors (Lipinski definition) is 1. The SMILES string of the molecule is Fc1cc2[nH]c(=S)n(CCc3ccc(Cl)cc3)c2cc1Cl. The van der Waals surface area contributed by atoms with Gasteiger partial charge in [-0.25, -0.2) is 4.39 Å². The first-order chi connectivity index (χ1) is 10.0. The Bertz CT molecular complexity index is 852. The number of aryl methyl sites for hydroxylation is 2. The zero-order chi connectivity index (χ0) is 15.0. The molecule has 0 aliphatic heterocycles. The Morgan fingerprint density at radius 2 is 1.86 bits per heavy atom. The van der Waals surface area contributed by atoms with E-state index in [9.17, 15) is 4.39 Å². The Labute approximate surface area is 136 Å². The van der Waals surface area contributed by atoms with Crippen molar-refractivity contribution in [2.75, 3.05) is 0 Å². The lowest BCUT2D eigenvalue weighted by Gasteiger charge is -2.05. The smallest absolute Gasteiger partial charge is 0.178 e. The molecule has 0 aliphatic rings. The van der Waals surface area contributed by atoms with Crippen LogP contribution >= 0.6 is 35.4 Å². The molecule has 2 nitrogen and oxygen atoms in total. The number of nitrogens with one attached hydrogen (secondary N) is 1. The van der Waals surface area contributed by atoms with Crippen molar-refractivity contribution in [1.29, 1.82) is 0 Å². The Hall–Kier alpha value is -1.36. The van der Waals surface area contributed by atoms with Gasteiger partial charge in [0.1, 0.15) is 5.82 Å². The number of fused-ring (bicyclic) bond motifs is 1. The van der Waals surface area contributed by atoms with Gasteiger partial charge < -0.3 is 9.55 Å². The van der Waals surface area contributed by atoms with Crippen LogP contribution < -0.4 is 0 Å². The van der Waals surface area contributed by atoms with Gasteiger partial charge in [-0.2, -0.15) is 0 Å². The second-order valence-electron chi connectivity index (χ2n) is 4.74. The number of H-pyrrole nitrogens is 1. The lowest BCUT2D eigenvalue weighted by Crippen LogP contribution is -2.01. The van der Waals surface area contributed by atoms with Gasteiger partial charge in [0.05, 0.1) is 16.1 Å². The fourth-order valence-electron chi connectivity index (χ4n) is 2.27. The first-order valence-electron chi connectivity index (χ1n) is 6.36.